The van der Waals surface area contributed by atoms with Gasteiger partial charge >= 0.3 is 0 Å². The Morgan fingerprint density at radius 1 is 1.04 bits per heavy atom. The molecule has 2 heteroatoms. The fourth-order valence-electron chi connectivity index (χ4n) is 7.41. The zero-order chi connectivity index (χ0) is 16.4. The van der Waals surface area contributed by atoms with Crippen molar-refractivity contribution in [2.75, 3.05) is 0 Å². The van der Waals surface area contributed by atoms with Gasteiger partial charge in [-0.2, -0.15) is 0 Å². The summed E-state index contributed by atoms with van der Waals surface area (Å²) in [6.45, 7) is 6.74. The van der Waals surface area contributed by atoms with E-state index in [2.05, 4.69) is 13.8 Å². The second-order valence-electron chi connectivity index (χ2n) is 9.28. The SMILES string of the molecule is CC(=O)[C@H]1CC[C@H]2C3(C)CCC4=CC(=O)CC[C@@H]4[C@H]3CC[C@]12C. The van der Waals surface area contributed by atoms with E-state index in [9.17, 15) is 9.59 Å². The Labute approximate surface area is 140 Å². The van der Waals surface area contributed by atoms with Crippen LogP contribution in [0.2, 0.25) is 0 Å². The zero-order valence-corrected chi connectivity index (χ0v) is 14.9. The highest BCUT2D eigenvalue weighted by Gasteiger charge is 2.62. The van der Waals surface area contributed by atoms with Crippen LogP contribution in [0.4, 0.5) is 0 Å². The van der Waals surface area contributed by atoms with Crippen LogP contribution in [0.5, 0.6) is 0 Å². The number of hydrogen-bond donors (Lipinski definition) is 0. The summed E-state index contributed by atoms with van der Waals surface area (Å²) in [5, 5.41) is 0. The van der Waals surface area contributed by atoms with Gasteiger partial charge in [0.1, 0.15) is 5.78 Å². The highest BCUT2D eigenvalue weighted by atomic mass is 16.1. The van der Waals surface area contributed by atoms with Gasteiger partial charge in [0.2, 0.25) is 0 Å². The molecule has 1 unspecified atom stereocenters. The molecule has 4 aliphatic rings. The normalized spacial score (nSPS) is 49.0. The average Bonchev–Trinajstić information content (AvgIpc) is 2.85. The monoisotopic (exact) mass is 314 g/mol. The van der Waals surface area contributed by atoms with Crippen LogP contribution in [0.15, 0.2) is 11.6 Å². The van der Waals surface area contributed by atoms with Crippen molar-refractivity contribution in [1.29, 1.82) is 0 Å². The summed E-state index contributed by atoms with van der Waals surface area (Å²) >= 11 is 0. The molecule has 0 heterocycles. The van der Waals surface area contributed by atoms with E-state index in [0.717, 1.165) is 31.6 Å². The van der Waals surface area contributed by atoms with Gasteiger partial charge in [0.25, 0.3) is 0 Å². The predicted octanol–water partition coefficient (Wildman–Crippen LogP) is 4.72. The standard InChI is InChI=1S/C21H30O2/c1-13(22)17-6-7-19-20(17,2)11-9-18-16-5-4-15(23)12-14(16)8-10-21(18,19)3/h12,16-19H,4-11H2,1-3H3/t16-,17+,18+,19+,20+,21?/m0/s1. The van der Waals surface area contributed by atoms with Crippen molar-refractivity contribution < 1.29 is 9.59 Å². The number of allylic oxidation sites excluding steroid dienone is 1. The van der Waals surface area contributed by atoms with Crippen molar-refractivity contribution in [1.82, 2.24) is 0 Å². The zero-order valence-electron chi connectivity index (χ0n) is 14.9. The Kier molecular flexibility index (Phi) is 3.42. The van der Waals surface area contributed by atoms with Crippen molar-refractivity contribution in [3.8, 4) is 0 Å². The van der Waals surface area contributed by atoms with Crippen LogP contribution >= 0.6 is 0 Å². The maximum Gasteiger partial charge on any atom is 0.155 e. The summed E-state index contributed by atoms with van der Waals surface area (Å²) in [6, 6.07) is 0. The fourth-order valence-corrected chi connectivity index (χ4v) is 7.41. The third kappa shape index (κ3) is 2.06. The minimum absolute atomic E-state index is 0.225. The van der Waals surface area contributed by atoms with Gasteiger partial charge in [0.15, 0.2) is 5.78 Å². The van der Waals surface area contributed by atoms with Gasteiger partial charge in [-0.1, -0.05) is 19.4 Å². The summed E-state index contributed by atoms with van der Waals surface area (Å²) in [4.78, 5) is 24.0. The average molecular weight is 314 g/mol. The first-order chi connectivity index (χ1) is 10.9. The Balaban J connectivity index is 1.69. The van der Waals surface area contributed by atoms with Gasteiger partial charge in [0, 0.05) is 12.3 Å². The molecule has 23 heavy (non-hydrogen) atoms. The number of hydrogen-bond acceptors (Lipinski definition) is 2. The third-order valence-corrected chi connectivity index (χ3v) is 8.43. The van der Waals surface area contributed by atoms with Gasteiger partial charge in [-0.15, -0.1) is 0 Å². The molecule has 0 amide bonds. The minimum Gasteiger partial charge on any atom is -0.300 e. The van der Waals surface area contributed by atoms with Crippen LogP contribution in [0, 0.1) is 34.5 Å². The molecular weight excluding hydrogens is 284 g/mol. The van der Waals surface area contributed by atoms with Gasteiger partial charge < -0.3 is 0 Å². The quantitative estimate of drug-likeness (QED) is 0.701. The van der Waals surface area contributed by atoms with Crippen molar-refractivity contribution in [2.45, 2.75) is 72.1 Å². The molecule has 0 aromatic carbocycles. The van der Waals surface area contributed by atoms with E-state index in [1.165, 1.54) is 31.3 Å². The molecule has 0 radical (unpaired) electrons. The maximum atomic E-state index is 12.2. The molecule has 0 aromatic rings. The fraction of sp³-hybridized carbons (Fsp3) is 0.810. The first-order valence-corrected chi connectivity index (χ1v) is 9.60. The highest BCUT2D eigenvalue weighted by Crippen LogP contribution is 2.68. The molecule has 3 saturated carbocycles. The number of fused-ring (bicyclic) bond motifs is 5. The van der Waals surface area contributed by atoms with Gasteiger partial charge in [0.05, 0.1) is 0 Å². The van der Waals surface area contributed by atoms with Crippen molar-refractivity contribution in [3.05, 3.63) is 11.6 Å². The second kappa shape index (κ2) is 5.04. The lowest BCUT2D eigenvalue weighted by Gasteiger charge is -2.60. The van der Waals surface area contributed by atoms with E-state index < -0.39 is 0 Å². The van der Waals surface area contributed by atoms with Crippen molar-refractivity contribution >= 4 is 11.6 Å². The summed E-state index contributed by atoms with van der Waals surface area (Å²) in [5.41, 5.74) is 2.05. The largest absolute Gasteiger partial charge is 0.300 e. The third-order valence-electron chi connectivity index (χ3n) is 8.43. The summed E-state index contributed by atoms with van der Waals surface area (Å²) in [6.07, 6.45) is 10.9. The van der Waals surface area contributed by atoms with E-state index in [1.807, 2.05) is 6.08 Å². The van der Waals surface area contributed by atoms with Crippen LogP contribution in [0.25, 0.3) is 0 Å². The summed E-state index contributed by atoms with van der Waals surface area (Å²) in [5.74, 6) is 3.12. The van der Waals surface area contributed by atoms with Crippen LogP contribution < -0.4 is 0 Å². The van der Waals surface area contributed by atoms with E-state index >= 15 is 0 Å². The molecule has 0 aromatic heterocycles. The van der Waals surface area contributed by atoms with Crippen LogP contribution in [0.1, 0.15) is 72.1 Å². The minimum atomic E-state index is 0.225. The first-order valence-electron chi connectivity index (χ1n) is 9.60. The molecule has 4 aliphatic carbocycles. The van der Waals surface area contributed by atoms with Crippen LogP contribution in [-0.4, -0.2) is 11.6 Å². The molecule has 6 atom stereocenters. The van der Waals surface area contributed by atoms with Crippen LogP contribution in [-0.2, 0) is 9.59 Å². The molecule has 0 spiro atoms. The van der Waals surface area contributed by atoms with E-state index in [1.54, 1.807) is 6.92 Å². The Morgan fingerprint density at radius 2 is 1.83 bits per heavy atom. The molecule has 2 nitrogen and oxygen atoms in total. The number of carbonyl (C=O) groups is 2. The highest BCUT2D eigenvalue weighted by molar-refractivity contribution is 5.91. The summed E-state index contributed by atoms with van der Waals surface area (Å²) < 4.78 is 0. The second-order valence-corrected chi connectivity index (χ2v) is 9.28. The summed E-state index contributed by atoms with van der Waals surface area (Å²) in [7, 11) is 0. The Morgan fingerprint density at radius 3 is 2.57 bits per heavy atom. The molecule has 0 bridgehead atoms. The first kappa shape index (κ1) is 15.6. The molecule has 0 N–H and O–H groups in total. The van der Waals surface area contributed by atoms with Gasteiger partial charge in [-0.05, 0) is 86.5 Å². The van der Waals surface area contributed by atoms with E-state index in [4.69, 9.17) is 0 Å². The lowest BCUT2D eigenvalue weighted by Crippen LogP contribution is -2.53. The van der Waals surface area contributed by atoms with E-state index in [0.29, 0.717) is 28.8 Å². The Hall–Kier alpha value is -0.920. The number of ketones is 2. The number of Topliss-reactive ketones (excluding diaryl/α,β-unsaturated/α-hetero) is 1. The van der Waals surface area contributed by atoms with Crippen LogP contribution in [0.3, 0.4) is 0 Å². The molecule has 126 valence electrons. The number of carbonyl (C=O) groups excluding carboxylic acids is 2. The maximum absolute atomic E-state index is 12.2. The van der Waals surface area contributed by atoms with Gasteiger partial charge in [-0.25, -0.2) is 0 Å². The molecular formula is C21H30O2. The number of rotatable bonds is 1. The smallest absolute Gasteiger partial charge is 0.155 e. The van der Waals surface area contributed by atoms with Crippen molar-refractivity contribution in [2.24, 2.45) is 34.5 Å². The van der Waals surface area contributed by atoms with E-state index in [-0.39, 0.29) is 11.3 Å². The molecule has 3 fully saturated rings. The van der Waals surface area contributed by atoms with Crippen molar-refractivity contribution in [3.63, 3.8) is 0 Å². The molecule has 0 saturated heterocycles. The van der Waals surface area contributed by atoms with Gasteiger partial charge in [-0.3, -0.25) is 9.59 Å². The Bertz CT molecular complexity index is 589. The molecule has 4 rings (SSSR count). The lowest BCUT2D eigenvalue weighted by molar-refractivity contribution is -0.132. The molecule has 0 aliphatic heterocycles. The lowest BCUT2D eigenvalue weighted by atomic mass is 9.44. The predicted molar refractivity (Wildman–Crippen MR) is 90.9 cm³/mol. The topological polar surface area (TPSA) is 34.1 Å².